The quantitative estimate of drug-likeness (QED) is 0.641. The molecule has 1 heterocycles. The van der Waals surface area contributed by atoms with Crippen molar-refractivity contribution >= 4 is 11.8 Å². The van der Waals surface area contributed by atoms with Crippen molar-refractivity contribution < 1.29 is 9.59 Å². The minimum Gasteiger partial charge on any atom is -0.368 e. The van der Waals surface area contributed by atoms with Crippen molar-refractivity contribution in [1.82, 2.24) is 10.2 Å². The maximum Gasteiger partial charge on any atom is 0.250 e. The Balaban J connectivity index is 2.78. The number of nitrogens with one attached hydrogen (secondary N) is 1. The molecule has 0 aromatic rings. The maximum atomic E-state index is 12.1. The molecule has 0 radical (unpaired) electrons. The van der Waals surface area contributed by atoms with Gasteiger partial charge >= 0.3 is 0 Å². The molecule has 0 atom stereocenters. The van der Waals surface area contributed by atoms with Crippen LogP contribution < -0.4 is 11.1 Å². The number of carbonyl (C=O) groups excluding carboxylic acids is 2. The van der Waals surface area contributed by atoms with Gasteiger partial charge in [0.2, 0.25) is 11.8 Å². The lowest BCUT2D eigenvalue weighted by atomic mass is 10.0. The van der Waals surface area contributed by atoms with E-state index in [0.717, 1.165) is 24.2 Å². The SMILES string of the molecule is CC(C(=O)N(CC(N)=O)C(C)C)=C1CNC1. The first-order chi connectivity index (χ1) is 7.43. The molecule has 2 amide bonds. The van der Waals surface area contributed by atoms with E-state index in [2.05, 4.69) is 5.32 Å². The molecule has 0 bridgehead atoms. The Morgan fingerprint density at radius 1 is 1.44 bits per heavy atom. The Morgan fingerprint density at radius 3 is 2.31 bits per heavy atom. The maximum absolute atomic E-state index is 12.1. The largest absolute Gasteiger partial charge is 0.368 e. The zero-order valence-electron chi connectivity index (χ0n) is 10.0. The standard InChI is InChI=1S/C11H19N3O2/c1-7(2)14(6-10(12)15)11(16)8(3)9-4-13-5-9/h7,13H,4-6H2,1-3H3,(H2,12,15). The summed E-state index contributed by atoms with van der Waals surface area (Å²) in [7, 11) is 0. The molecule has 0 aliphatic carbocycles. The minimum atomic E-state index is -0.480. The molecule has 0 unspecified atom stereocenters. The normalized spacial score (nSPS) is 14.6. The molecular formula is C11H19N3O2. The van der Waals surface area contributed by atoms with Crippen molar-refractivity contribution in [3.8, 4) is 0 Å². The van der Waals surface area contributed by atoms with E-state index < -0.39 is 5.91 Å². The zero-order chi connectivity index (χ0) is 12.3. The number of carbonyl (C=O) groups is 2. The van der Waals surface area contributed by atoms with Gasteiger partial charge in [-0.2, -0.15) is 0 Å². The van der Waals surface area contributed by atoms with Crippen LogP contribution in [0.4, 0.5) is 0 Å². The van der Waals surface area contributed by atoms with Crippen LogP contribution in [0.5, 0.6) is 0 Å². The second-order valence-electron chi connectivity index (χ2n) is 4.33. The van der Waals surface area contributed by atoms with Crippen molar-refractivity contribution in [3.63, 3.8) is 0 Å². The molecule has 1 rings (SSSR count). The van der Waals surface area contributed by atoms with Gasteiger partial charge in [0.15, 0.2) is 0 Å². The lowest BCUT2D eigenvalue weighted by Crippen LogP contribution is -2.45. The van der Waals surface area contributed by atoms with Gasteiger partial charge in [0, 0.05) is 24.7 Å². The minimum absolute atomic E-state index is 0.0193. The fraction of sp³-hybridized carbons (Fsp3) is 0.636. The average Bonchev–Trinajstić information content (AvgIpc) is 2.09. The summed E-state index contributed by atoms with van der Waals surface area (Å²) in [6.07, 6.45) is 0. The highest BCUT2D eigenvalue weighted by atomic mass is 16.2. The van der Waals surface area contributed by atoms with Crippen LogP contribution in [-0.4, -0.2) is 42.4 Å². The van der Waals surface area contributed by atoms with Crippen LogP contribution in [0.3, 0.4) is 0 Å². The van der Waals surface area contributed by atoms with E-state index >= 15 is 0 Å². The van der Waals surface area contributed by atoms with Crippen molar-refractivity contribution in [2.45, 2.75) is 26.8 Å². The first kappa shape index (κ1) is 12.7. The summed E-state index contributed by atoms with van der Waals surface area (Å²) in [6, 6.07) is -0.0245. The second-order valence-corrected chi connectivity index (χ2v) is 4.33. The molecule has 0 saturated carbocycles. The summed E-state index contributed by atoms with van der Waals surface area (Å²) >= 11 is 0. The molecule has 1 fully saturated rings. The number of amides is 2. The number of hydrogen-bond donors (Lipinski definition) is 2. The predicted molar refractivity (Wildman–Crippen MR) is 61.6 cm³/mol. The van der Waals surface area contributed by atoms with Crippen LogP contribution in [0, 0.1) is 0 Å². The second kappa shape index (κ2) is 5.12. The van der Waals surface area contributed by atoms with Gasteiger partial charge in [0.1, 0.15) is 0 Å². The lowest BCUT2D eigenvalue weighted by Gasteiger charge is -2.29. The van der Waals surface area contributed by atoms with E-state index in [1.54, 1.807) is 6.92 Å². The third-order valence-electron chi connectivity index (χ3n) is 2.74. The molecule has 0 aromatic heterocycles. The highest BCUT2D eigenvalue weighted by Gasteiger charge is 2.23. The number of primary amides is 1. The molecule has 1 saturated heterocycles. The molecule has 5 nitrogen and oxygen atoms in total. The van der Waals surface area contributed by atoms with Crippen LogP contribution in [0.15, 0.2) is 11.1 Å². The summed E-state index contributed by atoms with van der Waals surface area (Å²) < 4.78 is 0. The number of rotatable bonds is 4. The Morgan fingerprint density at radius 2 is 2.00 bits per heavy atom. The fourth-order valence-corrected chi connectivity index (χ4v) is 1.54. The van der Waals surface area contributed by atoms with Gasteiger partial charge < -0.3 is 16.0 Å². The van der Waals surface area contributed by atoms with Crippen LogP contribution >= 0.6 is 0 Å². The van der Waals surface area contributed by atoms with Gasteiger partial charge in [0.05, 0.1) is 6.54 Å². The monoisotopic (exact) mass is 225 g/mol. The van der Waals surface area contributed by atoms with Crippen molar-refractivity contribution in [3.05, 3.63) is 11.1 Å². The Bertz CT molecular complexity index is 328. The van der Waals surface area contributed by atoms with E-state index in [1.807, 2.05) is 13.8 Å². The Kier molecular flexibility index (Phi) is 4.06. The number of nitrogens with zero attached hydrogens (tertiary/aromatic N) is 1. The van der Waals surface area contributed by atoms with Crippen molar-refractivity contribution in [1.29, 1.82) is 0 Å². The number of hydrogen-bond acceptors (Lipinski definition) is 3. The molecule has 1 aliphatic rings. The topological polar surface area (TPSA) is 75.4 Å². The van der Waals surface area contributed by atoms with E-state index in [1.165, 1.54) is 4.90 Å². The van der Waals surface area contributed by atoms with Crippen molar-refractivity contribution in [2.75, 3.05) is 19.6 Å². The summed E-state index contributed by atoms with van der Waals surface area (Å²) in [4.78, 5) is 24.5. The van der Waals surface area contributed by atoms with Gasteiger partial charge in [-0.1, -0.05) is 0 Å². The van der Waals surface area contributed by atoms with Gasteiger partial charge in [-0.25, -0.2) is 0 Å². The zero-order valence-corrected chi connectivity index (χ0v) is 10.0. The first-order valence-corrected chi connectivity index (χ1v) is 5.42. The third kappa shape index (κ3) is 2.82. The summed E-state index contributed by atoms with van der Waals surface area (Å²) in [5, 5.41) is 3.09. The fourth-order valence-electron chi connectivity index (χ4n) is 1.54. The van der Waals surface area contributed by atoms with Gasteiger partial charge in [0.25, 0.3) is 0 Å². The molecule has 90 valence electrons. The van der Waals surface area contributed by atoms with Crippen LogP contribution in [0.2, 0.25) is 0 Å². The predicted octanol–water partition coefficient (Wildman–Crippen LogP) is -0.372. The van der Waals surface area contributed by atoms with Gasteiger partial charge in [-0.3, -0.25) is 9.59 Å². The Labute approximate surface area is 95.7 Å². The summed E-state index contributed by atoms with van der Waals surface area (Å²) in [5.41, 5.74) is 6.97. The van der Waals surface area contributed by atoms with Crippen LogP contribution in [-0.2, 0) is 9.59 Å². The molecular weight excluding hydrogens is 206 g/mol. The van der Waals surface area contributed by atoms with Gasteiger partial charge in [-0.15, -0.1) is 0 Å². The highest BCUT2D eigenvalue weighted by Crippen LogP contribution is 2.13. The van der Waals surface area contributed by atoms with Crippen molar-refractivity contribution in [2.24, 2.45) is 5.73 Å². The molecule has 1 aliphatic heterocycles. The van der Waals surface area contributed by atoms with E-state index in [9.17, 15) is 9.59 Å². The molecule has 3 N–H and O–H groups in total. The van der Waals surface area contributed by atoms with E-state index in [4.69, 9.17) is 5.73 Å². The smallest absolute Gasteiger partial charge is 0.250 e. The third-order valence-corrected chi connectivity index (χ3v) is 2.74. The number of nitrogens with two attached hydrogens (primary N) is 1. The molecule has 0 aromatic carbocycles. The molecule has 16 heavy (non-hydrogen) atoms. The molecule has 0 spiro atoms. The van der Waals surface area contributed by atoms with Crippen LogP contribution in [0.1, 0.15) is 20.8 Å². The average molecular weight is 225 g/mol. The van der Waals surface area contributed by atoms with Gasteiger partial charge in [-0.05, 0) is 26.3 Å². The first-order valence-electron chi connectivity index (χ1n) is 5.42. The lowest BCUT2D eigenvalue weighted by molar-refractivity contribution is -0.133. The summed E-state index contributed by atoms with van der Waals surface area (Å²) in [6.45, 7) is 7.05. The van der Waals surface area contributed by atoms with Crippen LogP contribution in [0.25, 0.3) is 0 Å². The van der Waals surface area contributed by atoms with E-state index in [0.29, 0.717) is 0 Å². The summed E-state index contributed by atoms with van der Waals surface area (Å²) in [5.74, 6) is -0.572. The van der Waals surface area contributed by atoms with E-state index in [-0.39, 0.29) is 18.5 Å². The molecule has 5 heteroatoms. The highest BCUT2D eigenvalue weighted by molar-refractivity contribution is 5.96. The Hall–Kier alpha value is -1.36.